The highest BCUT2D eigenvalue weighted by molar-refractivity contribution is 5.24. The molecule has 0 bridgehead atoms. The van der Waals surface area contributed by atoms with Gasteiger partial charge in [-0.2, -0.15) is 5.10 Å². The van der Waals surface area contributed by atoms with Gasteiger partial charge < -0.3 is 10.4 Å². The first kappa shape index (κ1) is 11.6. The van der Waals surface area contributed by atoms with Gasteiger partial charge in [-0.1, -0.05) is 6.92 Å². The lowest BCUT2D eigenvalue weighted by atomic mass is 9.92. The maximum atomic E-state index is 9.23. The van der Waals surface area contributed by atoms with Gasteiger partial charge in [-0.3, -0.25) is 4.68 Å². The van der Waals surface area contributed by atoms with Crippen molar-refractivity contribution < 1.29 is 5.11 Å². The van der Waals surface area contributed by atoms with Crippen molar-refractivity contribution in [3.05, 3.63) is 17.5 Å². The van der Waals surface area contributed by atoms with Crippen LogP contribution in [0, 0.1) is 0 Å². The Morgan fingerprint density at radius 2 is 2.50 bits per heavy atom. The Bertz CT molecular complexity index is 344. The summed E-state index contributed by atoms with van der Waals surface area (Å²) in [7, 11) is 2.00. The van der Waals surface area contributed by atoms with Crippen molar-refractivity contribution in [1.29, 1.82) is 0 Å². The van der Waals surface area contributed by atoms with Crippen LogP contribution < -0.4 is 5.32 Å². The third kappa shape index (κ3) is 2.13. The molecule has 4 nitrogen and oxygen atoms in total. The van der Waals surface area contributed by atoms with Crippen LogP contribution >= 0.6 is 0 Å². The number of nitrogens with one attached hydrogen (secondary N) is 1. The second-order valence-corrected chi connectivity index (χ2v) is 4.57. The van der Waals surface area contributed by atoms with Crippen LogP contribution in [0.1, 0.15) is 43.5 Å². The van der Waals surface area contributed by atoms with Crippen LogP contribution in [0.3, 0.4) is 0 Å². The zero-order valence-corrected chi connectivity index (χ0v) is 10.1. The zero-order chi connectivity index (χ0) is 11.5. The number of aliphatic hydroxyl groups is 1. The Morgan fingerprint density at radius 3 is 3.19 bits per heavy atom. The molecule has 1 aromatic heterocycles. The first-order valence-corrected chi connectivity index (χ1v) is 6.14. The number of hydrogen-bond acceptors (Lipinski definition) is 3. The van der Waals surface area contributed by atoms with Gasteiger partial charge in [0.05, 0.1) is 12.8 Å². The summed E-state index contributed by atoms with van der Waals surface area (Å²) >= 11 is 0. The molecule has 0 aliphatic heterocycles. The summed E-state index contributed by atoms with van der Waals surface area (Å²) in [6.45, 7) is 2.31. The lowest BCUT2D eigenvalue weighted by Gasteiger charge is -2.27. The smallest absolute Gasteiger partial charge is 0.0584 e. The minimum atomic E-state index is 0.205. The fraction of sp³-hybridized carbons (Fsp3) is 0.750. The molecular formula is C12H21N3O. The largest absolute Gasteiger partial charge is 0.395 e. The molecule has 0 amide bonds. The topological polar surface area (TPSA) is 50.1 Å². The molecule has 0 spiro atoms. The fourth-order valence-corrected chi connectivity index (χ4v) is 2.46. The molecule has 1 aromatic rings. The minimum absolute atomic E-state index is 0.205. The molecule has 1 heterocycles. The molecule has 16 heavy (non-hydrogen) atoms. The van der Waals surface area contributed by atoms with E-state index in [9.17, 15) is 5.11 Å². The highest BCUT2D eigenvalue weighted by atomic mass is 16.3. The van der Waals surface area contributed by atoms with Crippen LogP contribution in [0.25, 0.3) is 0 Å². The van der Waals surface area contributed by atoms with Gasteiger partial charge in [0.15, 0.2) is 0 Å². The quantitative estimate of drug-likeness (QED) is 0.805. The van der Waals surface area contributed by atoms with Crippen LogP contribution in [0.2, 0.25) is 0 Å². The first-order valence-electron chi connectivity index (χ1n) is 6.14. The molecule has 1 unspecified atom stereocenters. The van der Waals surface area contributed by atoms with Crippen molar-refractivity contribution in [2.24, 2.45) is 7.05 Å². The van der Waals surface area contributed by atoms with Gasteiger partial charge >= 0.3 is 0 Å². The minimum Gasteiger partial charge on any atom is -0.395 e. The van der Waals surface area contributed by atoms with Crippen LogP contribution in [-0.2, 0) is 13.5 Å². The first-order chi connectivity index (χ1) is 7.76. The third-order valence-electron chi connectivity index (χ3n) is 3.53. The van der Waals surface area contributed by atoms with E-state index in [0.29, 0.717) is 6.04 Å². The van der Waals surface area contributed by atoms with E-state index in [-0.39, 0.29) is 12.6 Å². The molecule has 2 rings (SSSR count). The van der Waals surface area contributed by atoms with Gasteiger partial charge in [0.25, 0.3) is 0 Å². The number of hydrogen-bond donors (Lipinski definition) is 2. The van der Waals surface area contributed by atoms with Gasteiger partial charge in [0.2, 0.25) is 0 Å². The lowest BCUT2D eigenvalue weighted by Crippen LogP contribution is -2.36. The van der Waals surface area contributed by atoms with Crippen LogP contribution in [0.5, 0.6) is 0 Å². The lowest BCUT2D eigenvalue weighted by molar-refractivity contribution is 0.223. The molecule has 1 aliphatic rings. The molecule has 0 radical (unpaired) electrons. The van der Waals surface area contributed by atoms with Gasteiger partial charge in [-0.25, -0.2) is 0 Å². The second-order valence-electron chi connectivity index (χ2n) is 4.57. The highest BCUT2D eigenvalue weighted by Crippen LogP contribution is 2.29. The van der Waals surface area contributed by atoms with E-state index in [4.69, 9.17) is 0 Å². The third-order valence-corrected chi connectivity index (χ3v) is 3.53. The van der Waals surface area contributed by atoms with E-state index in [2.05, 4.69) is 17.3 Å². The summed E-state index contributed by atoms with van der Waals surface area (Å²) in [5.41, 5.74) is 2.66. The van der Waals surface area contributed by atoms with E-state index < -0.39 is 0 Å². The molecule has 4 heteroatoms. The van der Waals surface area contributed by atoms with E-state index >= 15 is 0 Å². The molecule has 0 fully saturated rings. The van der Waals surface area contributed by atoms with Gasteiger partial charge in [-0.15, -0.1) is 0 Å². The van der Waals surface area contributed by atoms with Crippen LogP contribution in [0.4, 0.5) is 0 Å². The molecular weight excluding hydrogens is 202 g/mol. The maximum absolute atomic E-state index is 9.23. The standard InChI is InChI=1S/C12H21N3O/c1-3-9(8-16)14-11-5-4-6-12-10(11)7-13-15(12)2/h7,9,11,14,16H,3-6,8H2,1-2H3/t9-,11?/m1/s1. The van der Waals surface area contributed by atoms with Crippen molar-refractivity contribution in [3.8, 4) is 0 Å². The Kier molecular flexibility index (Phi) is 3.61. The van der Waals surface area contributed by atoms with Gasteiger partial charge in [0.1, 0.15) is 0 Å². The molecule has 0 saturated heterocycles. The molecule has 2 atom stereocenters. The van der Waals surface area contributed by atoms with Crippen molar-refractivity contribution in [2.45, 2.75) is 44.7 Å². The summed E-state index contributed by atoms with van der Waals surface area (Å²) in [5.74, 6) is 0. The summed E-state index contributed by atoms with van der Waals surface area (Å²) in [4.78, 5) is 0. The Morgan fingerprint density at radius 1 is 1.69 bits per heavy atom. The molecule has 0 aromatic carbocycles. The fourth-order valence-electron chi connectivity index (χ4n) is 2.46. The van der Waals surface area contributed by atoms with E-state index in [0.717, 1.165) is 19.3 Å². The van der Waals surface area contributed by atoms with Crippen molar-refractivity contribution in [3.63, 3.8) is 0 Å². The number of nitrogens with zero attached hydrogens (tertiary/aromatic N) is 2. The van der Waals surface area contributed by atoms with Crippen molar-refractivity contribution in [1.82, 2.24) is 15.1 Å². The number of aryl methyl sites for hydroxylation is 1. The summed E-state index contributed by atoms with van der Waals surface area (Å²) in [6, 6.07) is 0.575. The average Bonchev–Trinajstić information content (AvgIpc) is 2.69. The molecule has 2 N–H and O–H groups in total. The van der Waals surface area contributed by atoms with Crippen molar-refractivity contribution in [2.75, 3.05) is 6.61 Å². The number of aliphatic hydroxyl groups excluding tert-OH is 1. The average molecular weight is 223 g/mol. The summed E-state index contributed by atoms with van der Waals surface area (Å²) in [6.07, 6.45) is 6.40. The predicted molar refractivity (Wildman–Crippen MR) is 63.2 cm³/mol. The van der Waals surface area contributed by atoms with E-state index in [1.54, 1.807) is 0 Å². The molecule has 90 valence electrons. The van der Waals surface area contributed by atoms with Gasteiger partial charge in [0, 0.05) is 30.4 Å². The maximum Gasteiger partial charge on any atom is 0.0584 e. The summed E-state index contributed by atoms with van der Waals surface area (Å²) in [5, 5.41) is 17.1. The van der Waals surface area contributed by atoms with E-state index in [1.165, 1.54) is 17.7 Å². The number of aromatic nitrogens is 2. The zero-order valence-electron chi connectivity index (χ0n) is 10.1. The second kappa shape index (κ2) is 4.97. The van der Waals surface area contributed by atoms with Crippen LogP contribution in [-0.4, -0.2) is 27.5 Å². The SMILES string of the molecule is CC[C@H](CO)NC1CCCc2c1cnn2C. The van der Waals surface area contributed by atoms with Crippen LogP contribution in [0.15, 0.2) is 6.20 Å². The number of rotatable bonds is 4. The Hall–Kier alpha value is -0.870. The normalized spacial score (nSPS) is 21.8. The Balaban J connectivity index is 2.12. The monoisotopic (exact) mass is 223 g/mol. The predicted octanol–water partition coefficient (Wildman–Crippen LogP) is 1.16. The Labute approximate surface area is 96.7 Å². The molecule has 1 aliphatic carbocycles. The van der Waals surface area contributed by atoms with Crippen molar-refractivity contribution >= 4 is 0 Å². The molecule has 0 saturated carbocycles. The number of fused-ring (bicyclic) bond motifs is 1. The van der Waals surface area contributed by atoms with E-state index in [1.807, 2.05) is 17.9 Å². The summed E-state index contributed by atoms with van der Waals surface area (Å²) < 4.78 is 1.98. The highest BCUT2D eigenvalue weighted by Gasteiger charge is 2.24. The van der Waals surface area contributed by atoms with Gasteiger partial charge in [-0.05, 0) is 25.7 Å².